The van der Waals surface area contributed by atoms with Gasteiger partial charge in [-0.05, 0) is 26.2 Å². The van der Waals surface area contributed by atoms with Gasteiger partial charge in [-0.3, -0.25) is 0 Å². The predicted octanol–water partition coefficient (Wildman–Crippen LogP) is -0.622. The summed E-state index contributed by atoms with van der Waals surface area (Å²) in [4.78, 5) is 24.0. The van der Waals surface area contributed by atoms with Crippen molar-refractivity contribution in [2.24, 2.45) is 0 Å². The van der Waals surface area contributed by atoms with Crippen molar-refractivity contribution in [2.45, 2.75) is 37.8 Å². The number of amides is 2. The molecule has 2 amide bonds. The topological polar surface area (TPSA) is 110 Å². The highest BCUT2D eigenvalue weighted by molar-refractivity contribution is 5.79. The molecular formula is C11H20N2O5. The standard InChI is InChI=1S/C11H20N2O5/c1-11(18,9(15)16)7-12-10(17)13-5-3-2-4-8(13)6-14/h8,14,18H,2-7H2,1H3,(H,12,17)(H,15,16). The van der Waals surface area contributed by atoms with Crippen molar-refractivity contribution in [3.8, 4) is 0 Å². The average molecular weight is 260 g/mol. The first-order valence-corrected chi connectivity index (χ1v) is 5.99. The van der Waals surface area contributed by atoms with Crippen LogP contribution in [0.4, 0.5) is 4.79 Å². The number of aliphatic hydroxyl groups is 2. The van der Waals surface area contributed by atoms with Crippen LogP contribution < -0.4 is 5.32 Å². The van der Waals surface area contributed by atoms with Crippen LogP contribution in [0.5, 0.6) is 0 Å². The lowest BCUT2D eigenvalue weighted by atomic mass is 10.0. The zero-order chi connectivity index (χ0) is 13.8. The molecule has 2 unspecified atom stereocenters. The molecule has 1 heterocycles. The number of hydrogen-bond acceptors (Lipinski definition) is 4. The van der Waals surface area contributed by atoms with Gasteiger partial charge >= 0.3 is 12.0 Å². The highest BCUT2D eigenvalue weighted by Gasteiger charge is 2.32. The van der Waals surface area contributed by atoms with Gasteiger partial charge in [0, 0.05) is 6.54 Å². The van der Waals surface area contributed by atoms with Crippen molar-refractivity contribution in [3.05, 3.63) is 0 Å². The van der Waals surface area contributed by atoms with Gasteiger partial charge in [0.15, 0.2) is 5.60 Å². The fourth-order valence-corrected chi connectivity index (χ4v) is 1.88. The summed E-state index contributed by atoms with van der Waals surface area (Å²) in [7, 11) is 0. The minimum Gasteiger partial charge on any atom is -0.479 e. The minimum absolute atomic E-state index is 0.108. The van der Waals surface area contributed by atoms with Gasteiger partial charge in [-0.1, -0.05) is 0 Å². The van der Waals surface area contributed by atoms with Gasteiger partial charge in [0.25, 0.3) is 0 Å². The molecule has 1 fully saturated rings. The van der Waals surface area contributed by atoms with Crippen LogP contribution >= 0.6 is 0 Å². The second-order valence-corrected chi connectivity index (χ2v) is 4.76. The Labute approximate surface area is 105 Å². The lowest BCUT2D eigenvalue weighted by molar-refractivity contribution is -0.155. The number of nitrogens with one attached hydrogen (secondary N) is 1. The van der Waals surface area contributed by atoms with Gasteiger partial charge < -0.3 is 25.5 Å². The molecule has 0 aromatic carbocycles. The van der Waals surface area contributed by atoms with Gasteiger partial charge in [0.1, 0.15) is 0 Å². The molecule has 1 rings (SSSR count). The first-order valence-electron chi connectivity index (χ1n) is 5.99. The number of piperidine rings is 1. The van der Waals surface area contributed by atoms with Gasteiger partial charge in [-0.2, -0.15) is 0 Å². The number of hydrogen-bond donors (Lipinski definition) is 4. The predicted molar refractivity (Wildman–Crippen MR) is 63.1 cm³/mol. The van der Waals surface area contributed by atoms with Crippen molar-refractivity contribution in [3.63, 3.8) is 0 Å². The molecule has 7 nitrogen and oxygen atoms in total. The molecular weight excluding hydrogens is 240 g/mol. The zero-order valence-corrected chi connectivity index (χ0v) is 10.4. The Morgan fingerprint density at radius 2 is 2.11 bits per heavy atom. The summed E-state index contributed by atoms with van der Waals surface area (Å²) in [6, 6.07) is -0.677. The number of likely N-dealkylation sites (tertiary alicyclic amines) is 1. The van der Waals surface area contributed by atoms with E-state index in [0.29, 0.717) is 6.54 Å². The SMILES string of the molecule is CC(O)(CNC(=O)N1CCCCC1CO)C(=O)O. The maximum Gasteiger partial charge on any atom is 0.337 e. The van der Waals surface area contributed by atoms with Crippen LogP contribution in [0, 0.1) is 0 Å². The van der Waals surface area contributed by atoms with Crippen LogP contribution in [0.1, 0.15) is 26.2 Å². The summed E-state index contributed by atoms with van der Waals surface area (Å²) >= 11 is 0. The third kappa shape index (κ3) is 3.58. The number of rotatable bonds is 4. The summed E-state index contributed by atoms with van der Waals surface area (Å²) in [6.07, 6.45) is 2.56. The Bertz CT molecular complexity index is 319. The Balaban J connectivity index is 2.51. The highest BCUT2D eigenvalue weighted by atomic mass is 16.4. The quantitative estimate of drug-likeness (QED) is 0.538. The normalized spacial score (nSPS) is 23.3. The summed E-state index contributed by atoms with van der Waals surface area (Å²) in [5.74, 6) is -1.39. The molecule has 104 valence electrons. The van der Waals surface area contributed by atoms with E-state index in [-0.39, 0.29) is 19.2 Å². The van der Waals surface area contributed by atoms with Crippen LogP contribution in [0.15, 0.2) is 0 Å². The van der Waals surface area contributed by atoms with E-state index in [9.17, 15) is 14.7 Å². The Kier molecular flexibility index (Phi) is 4.92. The molecule has 1 aliphatic rings. The average Bonchev–Trinajstić information content (AvgIpc) is 2.35. The second kappa shape index (κ2) is 6.01. The molecule has 0 spiro atoms. The lowest BCUT2D eigenvalue weighted by Crippen LogP contribution is -2.54. The third-order valence-electron chi connectivity index (χ3n) is 3.14. The molecule has 18 heavy (non-hydrogen) atoms. The molecule has 4 N–H and O–H groups in total. The van der Waals surface area contributed by atoms with Gasteiger partial charge in [0.2, 0.25) is 0 Å². The van der Waals surface area contributed by atoms with E-state index in [1.165, 1.54) is 4.90 Å². The number of carboxylic acid groups (broad SMARTS) is 1. The van der Waals surface area contributed by atoms with E-state index in [1.807, 2.05) is 0 Å². The maximum atomic E-state index is 11.8. The number of nitrogens with zero attached hydrogens (tertiary/aromatic N) is 1. The number of carbonyl (C=O) groups excluding carboxylic acids is 1. The number of urea groups is 1. The van der Waals surface area contributed by atoms with Crippen LogP contribution in [-0.2, 0) is 4.79 Å². The number of aliphatic hydroxyl groups excluding tert-OH is 1. The smallest absolute Gasteiger partial charge is 0.337 e. The summed E-state index contributed by atoms with van der Waals surface area (Å²) < 4.78 is 0. The van der Waals surface area contributed by atoms with Gasteiger partial charge in [0.05, 0.1) is 19.2 Å². The summed E-state index contributed by atoms with van der Waals surface area (Å²) in [6.45, 7) is 1.18. The van der Waals surface area contributed by atoms with Crippen LogP contribution in [-0.4, -0.2) is 63.6 Å². The van der Waals surface area contributed by atoms with Crippen molar-refractivity contribution in [2.75, 3.05) is 19.7 Å². The van der Waals surface area contributed by atoms with Crippen LogP contribution in [0.2, 0.25) is 0 Å². The molecule has 1 aliphatic heterocycles. The summed E-state index contributed by atoms with van der Waals surface area (Å²) in [5, 5.41) is 29.7. The maximum absolute atomic E-state index is 11.8. The first-order chi connectivity index (χ1) is 8.38. The largest absolute Gasteiger partial charge is 0.479 e. The van der Waals surface area contributed by atoms with Crippen molar-refractivity contribution in [1.82, 2.24) is 10.2 Å². The molecule has 2 atom stereocenters. The van der Waals surface area contributed by atoms with Gasteiger partial charge in [-0.15, -0.1) is 0 Å². The Morgan fingerprint density at radius 3 is 2.67 bits per heavy atom. The fourth-order valence-electron chi connectivity index (χ4n) is 1.88. The van der Waals surface area contributed by atoms with Crippen molar-refractivity contribution < 1.29 is 24.9 Å². The van der Waals surface area contributed by atoms with Crippen LogP contribution in [0.25, 0.3) is 0 Å². The number of aliphatic carboxylic acids is 1. The van der Waals surface area contributed by atoms with Crippen LogP contribution in [0.3, 0.4) is 0 Å². The van der Waals surface area contributed by atoms with Crippen molar-refractivity contribution >= 4 is 12.0 Å². The molecule has 0 radical (unpaired) electrons. The molecule has 0 bridgehead atoms. The van der Waals surface area contributed by atoms with E-state index in [1.54, 1.807) is 0 Å². The van der Waals surface area contributed by atoms with E-state index < -0.39 is 17.6 Å². The van der Waals surface area contributed by atoms with E-state index in [2.05, 4.69) is 5.32 Å². The van der Waals surface area contributed by atoms with E-state index in [4.69, 9.17) is 10.2 Å². The molecule has 0 aromatic heterocycles. The van der Waals surface area contributed by atoms with Crippen molar-refractivity contribution in [1.29, 1.82) is 0 Å². The summed E-state index contributed by atoms with van der Waals surface area (Å²) in [5.41, 5.74) is -1.99. The molecule has 0 aromatic rings. The molecule has 0 saturated carbocycles. The third-order valence-corrected chi connectivity index (χ3v) is 3.14. The lowest BCUT2D eigenvalue weighted by Gasteiger charge is -2.35. The molecule has 1 saturated heterocycles. The first kappa shape index (κ1) is 14.7. The zero-order valence-electron chi connectivity index (χ0n) is 10.4. The molecule has 0 aliphatic carbocycles. The monoisotopic (exact) mass is 260 g/mol. The van der Waals surface area contributed by atoms with E-state index >= 15 is 0 Å². The fraction of sp³-hybridized carbons (Fsp3) is 0.818. The number of carbonyl (C=O) groups is 2. The minimum atomic E-state index is -1.99. The Morgan fingerprint density at radius 1 is 1.44 bits per heavy atom. The highest BCUT2D eigenvalue weighted by Crippen LogP contribution is 2.16. The molecule has 7 heteroatoms. The number of carboxylic acids is 1. The van der Waals surface area contributed by atoms with Gasteiger partial charge in [-0.25, -0.2) is 9.59 Å². The van der Waals surface area contributed by atoms with E-state index in [0.717, 1.165) is 26.2 Å². The second-order valence-electron chi connectivity index (χ2n) is 4.76. The Hall–Kier alpha value is -1.34.